The molecule has 1 aromatic carbocycles. The molecule has 1 aliphatic rings. The van der Waals surface area contributed by atoms with Crippen LogP contribution in [-0.2, 0) is 0 Å². The first-order valence-corrected chi connectivity index (χ1v) is 8.58. The fourth-order valence-corrected chi connectivity index (χ4v) is 3.07. The highest BCUT2D eigenvalue weighted by molar-refractivity contribution is 5.74. The van der Waals surface area contributed by atoms with Crippen molar-refractivity contribution in [3.05, 3.63) is 30.3 Å². The Balaban J connectivity index is 1.86. The molecule has 0 bridgehead atoms. The van der Waals surface area contributed by atoms with Crippen LogP contribution in [0, 0.1) is 5.92 Å². The molecule has 5 nitrogen and oxygen atoms in total. The molecule has 3 N–H and O–H groups in total. The van der Waals surface area contributed by atoms with E-state index in [1.54, 1.807) is 0 Å². The Morgan fingerprint density at radius 2 is 2.09 bits per heavy atom. The Bertz CT molecular complexity index is 478. The third-order valence-electron chi connectivity index (χ3n) is 4.44. The van der Waals surface area contributed by atoms with Gasteiger partial charge in [0.15, 0.2) is 0 Å². The van der Waals surface area contributed by atoms with E-state index < -0.39 is 0 Å². The molecule has 1 saturated heterocycles. The third kappa shape index (κ3) is 5.43. The molecule has 2 rings (SSSR count). The summed E-state index contributed by atoms with van der Waals surface area (Å²) in [7, 11) is 0. The first kappa shape index (κ1) is 17.6. The van der Waals surface area contributed by atoms with E-state index in [9.17, 15) is 4.79 Å². The second-order valence-corrected chi connectivity index (χ2v) is 6.60. The number of urea groups is 1. The lowest BCUT2D eigenvalue weighted by atomic mass is 10.0. The maximum Gasteiger partial charge on any atom is 0.315 e. The summed E-state index contributed by atoms with van der Waals surface area (Å²) < 4.78 is 0. The molecule has 128 valence electrons. The second-order valence-electron chi connectivity index (χ2n) is 6.60. The van der Waals surface area contributed by atoms with Crippen molar-refractivity contribution in [2.45, 2.75) is 45.2 Å². The molecule has 0 aliphatic carbocycles. The SMILES string of the molecule is CC(C)C(CCO)NC(=O)NC1CCCN(c2ccccc2)C1. The Morgan fingerprint density at radius 3 is 2.74 bits per heavy atom. The molecule has 2 amide bonds. The van der Waals surface area contributed by atoms with Gasteiger partial charge >= 0.3 is 6.03 Å². The predicted octanol–water partition coefficient (Wildman–Crippen LogP) is 2.36. The van der Waals surface area contributed by atoms with Crippen molar-refractivity contribution in [3.63, 3.8) is 0 Å². The average molecular weight is 319 g/mol. The second kappa shape index (κ2) is 8.77. The number of aliphatic hydroxyl groups excluding tert-OH is 1. The maximum absolute atomic E-state index is 12.2. The molecular formula is C18H29N3O2. The third-order valence-corrected chi connectivity index (χ3v) is 4.44. The lowest BCUT2D eigenvalue weighted by molar-refractivity contribution is 0.214. The van der Waals surface area contributed by atoms with E-state index in [4.69, 9.17) is 5.11 Å². The topological polar surface area (TPSA) is 64.6 Å². The number of piperidine rings is 1. The molecule has 1 heterocycles. The van der Waals surface area contributed by atoms with Crippen LogP contribution in [0.3, 0.4) is 0 Å². The summed E-state index contributed by atoms with van der Waals surface area (Å²) in [5, 5.41) is 15.2. The van der Waals surface area contributed by atoms with Crippen molar-refractivity contribution in [3.8, 4) is 0 Å². The molecule has 0 aromatic heterocycles. The van der Waals surface area contributed by atoms with Gasteiger partial charge in [-0.05, 0) is 37.3 Å². The predicted molar refractivity (Wildman–Crippen MR) is 93.7 cm³/mol. The van der Waals surface area contributed by atoms with Gasteiger partial charge in [0.25, 0.3) is 0 Å². The number of anilines is 1. The van der Waals surface area contributed by atoms with Gasteiger partial charge < -0.3 is 20.6 Å². The Kier molecular flexibility index (Phi) is 6.71. The highest BCUT2D eigenvalue weighted by atomic mass is 16.3. The Labute approximate surface area is 139 Å². The van der Waals surface area contributed by atoms with E-state index in [2.05, 4.69) is 41.5 Å². The van der Waals surface area contributed by atoms with Crippen molar-refractivity contribution in [1.29, 1.82) is 0 Å². The fraction of sp³-hybridized carbons (Fsp3) is 0.611. The largest absolute Gasteiger partial charge is 0.396 e. The van der Waals surface area contributed by atoms with Crippen molar-refractivity contribution in [1.82, 2.24) is 10.6 Å². The first-order valence-electron chi connectivity index (χ1n) is 8.58. The van der Waals surface area contributed by atoms with Crippen LogP contribution in [-0.4, -0.2) is 42.9 Å². The van der Waals surface area contributed by atoms with Crippen LogP contribution < -0.4 is 15.5 Å². The Hall–Kier alpha value is -1.75. The summed E-state index contributed by atoms with van der Waals surface area (Å²) in [6.07, 6.45) is 2.67. The number of rotatable bonds is 6. The number of carbonyl (C=O) groups excluding carboxylic acids is 1. The van der Waals surface area contributed by atoms with Gasteiger partial charge in [0.1, 0.15) is 0 Å². The molecule has 0 spiro atoms. The lowest BCUT2D eigenvalue weighted by Crippen LogP contribution is -2.53. The smallest absolute Gasteiger partial charge is 0.315 e. The average Bonchev–Trinajstić information content (AvgIpc) is 2.55. The molecule has 1 aromatic rings. The van der Waals surface area contributed by atoms with Gasteiger partial charge in [0.05, 0.1) is 0 Å². The van der Waals surface area contributed by atoms with Crippen LogP contribution in [0.4, 0.5) is 10.5 Å². The number of para-hydroxylation sites is 1. The molecule has 1 aliphatic heterocycles. The molecule has 2 atom stereocenters. The number of hydrogen-bond acceptors (Lipinski definition) is 3. The monoisotopic (exact) mass is 319 g/mol. The molecule has 2 unspecified atom stereocenters. The lowest BCUT2D eigenvalue weighted by Gasteiger charge is -2.35. The number of nitrogens with one attached hydrogen (secondary N) is 2. The number of hydrogen-bond donors (Lipinski definition) is 3. The van der Waals surface area contributed by atoms with E-state index in [0.29, 0.717) is 12.3 Å². The normalized spacial score (nSPS) is 19.5. The summed E-state index contributed by atoms with van der Waals surface area (Å²) in [4.78, 5) is 14.5. The van der Waals surface area contributed by atoms with Crippen LogP contribution in [0.1, 0.15) is 33.1 Å². The zero-order chi connectivity index (χ0) is 16.7. The van der Waals surface area contributed by atoms with E-state index >= 15 is 0 Å². The minimum absolute atomic E-state index is 0.00816. The van der Waals surface area contributed by atoms with Crippen molar-refractivity contribution in [2.75, 3.05) is 24.6 Å². The van der Waals surface area contributed by atoms with Gasteiger partial charge in [-0.2, -0.15) is 0 Å². The number of carbonyl (C=O) groups is 1. The van der Waals surface area contributed by atoms with Crippen LogP contribution in [0.25, 0.3) is 0 Å². The molecule has 5 heteroatoms. The van der Waals surface area contributed by atoms with Gasteiger partial charge in [0.2, 0.25) is 0 Å². The van der Waals surface area contributed by atoms with E-state index in [0.717, 1.165) is 25.9 Å². The number of aliphatic hydroxyl groups is 1. The van der Waals surface area contributed by atoms with Gasteiger partial charge in [0, 0.05) is 37.5 Å². The highest BCUT2D eigenvalue weighted by Crippen LogP contribution is 2.19. The van der Waals surface area contributed by atoms with Crippen molar-refractivity contribution in [2.24, 2.45) is 5.92 Å². The minimum atomic E-state index is -0.128. The van der Waals surface area contributed by atoms with Crippen molar-refractivity contribution < 1.29 is 9.90 Å². The van der Waals surface area contributed by atoms with Gasteiger partial charge in [-0.15, -0.1) is 0 Å². The maximum atomic E-state index is 12.2. The Morgan fingerprint density at radius 1 is 1.35 bits per heavy atom. The number of benzene rings is 1. The van der Waals surface area contributed by atoms with Gasteiger partial charge in [-0.25, -0.2) is 4.79 Å². The van der Waals surface area contributed by atoms with Crippen molar-refractivity contribution >= 4 is 11.7 Å². The standard InChI is InChI=1S/C18H29N3O2/c1-14(2)17(10-12-22)20-18(23)19-15-7-6-11-21(13-15)16-8-4-3-5-9-16/h3-5,8-9,14-15,17,22H,6-7,10-13H2,1-2H3,(H2,19,20,23). The summed E-state index contributed by atoms with van der Waals surface area (Å²) in [5.74, 6) is 0.306. The van der Waals surface area contributed by atoms with E-state index in [1.807, 2.05) is 18.2 Å². The molecule has 1 fully saturated rings. The summed E-state index contributed by atoms with van der Waals surface area (Å²) in [6, 6.07) is 10.4. The zero-order valence-corrected chi connectivity index (χ0v) is 14.2. The minimum Gasteiger partial charge on any atom is -0.396 e. The van der Waals surface area contributed by atoms with Crippen LogP contribution in [0.2, 0.25) is 0 Å². The summed E-state index contributed by atoms with van der Waals surface area (Å²) in [5.41, 5.74) is 1.21. The zero-order valence-electron chi connectivity index (χ0n) is 14.2. The molecule has 0 saturated carbocycles. The molecule has 0 radical (unpaired) electrons. The molecular weight excluding hydrogens is 290 g/mol. The summed E-state index contributed by atoms with van der Waals surface area (Å²) in [6.45, 7) is 6.07. The molecule has 23 heavy (non-hydrogen) atoms. The summed E-state index contributed by atoms with van der Waals surface area (Å²) >= 11 is 0. The number of nitrogens with zero attached hydrogens (tertiary/aromatic N) is 1. The highest BCUT2D eigenvalue weighted by Gasteiger charge is 2.23. The van der Waals surface area contributed by atoms with Gasteiger partial charge in [-0.3, -0.25) is 0 Å². The van der Waals surface area contributed by atoms with E-state index in [1.165, 1.54) is 5.69 Å². The first-order chi connectivity index (χ1) is 11.1. The fourth-order valence-electron chi connectivity index (χ4n) is 3.07. The van der Waals surface area contributed by atoms with Crippen LogP contribution >= 0.6 is 0 Å². The number of amides is 2. The van der Waals surface area contributed by atoms with Gasteiger partial charge in [-0.1, -0.05) is 32.0 Å². The van der Waals surface area contributed by atoms with E-state index in [-0.39, 0.29) is 24.7 Å². The van der Waals surface area contributed by atoms with Crippen LogP contribution in [0.5, 0.6) is 0 Å². The van der Waals surface area contributed by atoms with Crippen LogP contribution in [0.15, 0.2) is 30.3 Å². The quantitative estimate of drug-likeness (QED) is 0.754.